The Labute approximate surface area is 112 Å². The monoisotopic (exact) mass is 303 g/mol. The van der Waals surface area contributed by atoms with Crippen LogP contribution in [0.5, 0.6) is 0 Å². The number of hydrogen-bond acceptors (Lipinski definition) is 2. The van der Waals surface area contributed by atoms with Crippen molar-refractivity contribution in [1.29, 1.82) is 0 Å². The van der Waals surface area contributed by atoms with E-state index in [4.69, 9.17) is 0 Å². The Morgan fingerprint density at radius 2 is 2.12 bits per heavy atom. The van der Waals surface area contributed by atoms with Crippen molar-refractivity contribution in [2.45, 2.75) is 46.6 Å². The van der Waals surface area contributed by atoms with Gasteiger partial charge in [-0.1, -0.05) is 27.7 Å². The van der Waals surface area contributed by atoms with Gasteiger partial charge in [0.1, 0.15) is 0 Å². The molecule has 1 rings (SSSR count). The third-order valence-electron chi connectivity index (χ3n) is 2.42. The number of hydrogen-bond donors (Lipinski definition) is 1. The molecule has 16 heavy (non-hydrogen) atoms. The lowest BCUT2D eigenvalue weighted by Crippen LogP contribution is -2.26. The lowest BCUT2D eigenvalue weighted by Gasteiger charge is -2.26. The molecule has 0 saturated carbocycles. The molecule has 0 spiro atoms. The molecule has 0 aliphatic rings. The van der Waals surface area contributed by atoms with E-state index < -0.39 is 0 Å². The van der Waals surface area contributed by atoms with Crippen LogP contribution < -0.4 is 5.32 Å². The van der Waals surface area contributed by atoms with Gasteiger partial charge in [0.15, 0.2) is 0 Å². The number of rotatable bonds is 5. The summed E-state index contributed by atoms with van der Waals surface area (Å²) in [5, 5.41) is 5.81. The molecule has 0 aliphatic carbocycles. The third kappa shape index (κ3) is 4.56. The second-order valence-electron chi connectivity index (χ2n) is 5.40. The van der Waals surface area contributed by atoms with Gasteiger partial charge in [0.05, 0.1) is 0 Å². The largest absolute Gasteiger partial charge is 0.309 e. The van der Waals surface area contributed by atoms with Crippen molar-refractivity contribution in [2.75, 3.05) is 6.54 Å². The Balaban J connectivity index is 2.75. The van der Waals surface area contributed by atoms with E-state index in [0.29, 0.717) is 11.5 Å². The van der Waals surface area contributed by atoms with Crippen LogP contribution in [-0.4, -0.2) is 6.54 Å². The standard InChI is InChI=1S/C13H22BrNS/c1-5-7-15-11(9-13(2,3)4)12-10(14)6-8-16-12/h6,8,11,15H,5,7,9H2,1-4H3. The average Bonchev–Trinajstić information content (AvgIpc) is 2.57. The first kappa shape index (κ1) is 14.2. The third-order valence-corrected chi connectivity index (χ3v) is 4.40. The number of nitrogens with one attached hydrogen (secondary N) is 1. The Hall–Kier alpha value is 0.140. The van der Waals surface area contributed by atoms with E-state index in [-0.39, 0.29) is 0 Å². The highest BCUT2D eigenvalue weighted by Gasteiger charge is 2.22. The van der Waals surface area contributed by atoms with Crippen molar-refractivity contribution < 1.29 is 0 Å². The molecule has 1 N–H and O–H groups in total. The minimum Gasteiger partial charge on any atom is -0.309 e. The first-order chi connectivity index (χ1) is 7.44. The molecule has 1 unspecified atom stereocenters. The minimum absolute atomic E-state index is 0.356. The maximum Gasteiger partial charge on any atom is 0.0431 e. The highest BCUT2D eigenvalue weighted by Crippen LogP contribution is 2.36. The van der Waals surface area contributed by atoms with E-state index in [0.717, 1.165) is 6.54 Å². The van der Waals surface area contributed by atoms with Crippen molar-refractivity contribution in [2.24, 2.45) is 5.41 Å². The Morgan fingerprint density at radius 3 is 2.56 bits per heavy atom. The second-order valence-corrected chi connectivity index (χ2v) is 7.21. The summed E-state index contributed by atoms with van der Waals surface area (Å²) in [6.45, 7) is 10.2. The summed E-state index contributed by atoms with van der Waals surface area (Å²) in [7, 11) is 0. The van der Waals surface area contributed by atoms with Gasteiger partial charge in [-0.15, -0.1) is 11.3 Å². The highest BCUT2D eigenvalue weighted by molar-refractivity contribution is 9.10. The van der Waals surface area contributed by atoms with Gasteiger partial charge in [-0.25, -0.2) is 0 Å². The van der Waals surface area contributed by atoms with E-state index in [9.17, 15) is 0 Å². The van der Waals surface area contributed by atoms with Crippen LogP contribution >= 0.6 is 27.3 Å². The van der Waals surface area contributed by atoms with E-state index in [2.05, 4.69) is 60.4 Å². The first-order valence-corrected chi connectivity index (χ1v) is 7.57. The topological polar surface area (TPSA) is 12.0 Å². The zero-order valence-electron chi connectivity index (χ0n) is 10.6. The molecule has 1 atom stereocenters. The fourth-order valence-corrected chi connectivity index (χ4v) is 3.47. The molecule has 0 fully saturated rings. The zero-order chi connectivity index (χ0) is 12.2. The van der Waals surface area contributed by atoms with Crippen LogP contribution in [0.1, 0.15) is 51.5 Å². The van der Waals surface area contributed by atoms with Crippen molar-refractivity contribution >= 4 is 27.3 Å². The molecule has 1 heterocycles. The van der Waals surface area contributed by atoms with Crippen LogP contribution in [0.15, 0.2) is 15.9 Å². The summed E-state index contributed by atoms with van der Waals surface area (Å²) in [5.74, 6) is 0. The molecular formula is C13H22BrNS. The smallest absolute Gasteiger partial charge is 0.0431 e. The highest BCUT2D eigenvalue weighted by atomic mass is 79.9. The predicted molar refractivity (Wildman–Crippen MR) is 77.1 cm³/mol. The van der Waals surface area contributed by atoms with E-state index in [1.54, 1.807) is 0 Å². The summed E-state index contributed by atoms with van der Waals surface area (Å²) in [6.07, 6.45) is 2.36. The SMILES string of the molecule is CCCNC(CC(C)(C)C)c1sccc1Br. The average molecular weight is 304 g/mol. The van der Waals surface area contributed by atoms with Gasteiger partial charge in [-0.3, -0.25) is 0 Å². The van der Waals surface area contributed by atoms with Crippen LogP contribution in [0.25, 0.3) is 0 Å². The van der Waals surface area contributed by atoms with Gasteiger partial charge < -0.3 is 5.32 Å². The summed E-state index contributed by atoms with van der Waals surface area (Å²) in [5.41, 5.74) is 0.356. The minimum atomic E-state index is 0.356. The van der Waals surface area contributed by atoms with Crippen molar-refractivity contribution in [3.63, 3.8) is 0 Å². The molecule has 0 radical (unpaired) electrons. The fourth-order valence-electron chi connectivity index (χ4n) is 1.74. The van der Waals surface area contributed by atoms with Gasteiger partial charge in [-0.2, -0.15) is 0 Å². The van der Waals surface area contributed by atoms with Gasteiger partial charge in [0, 0.05) is 15.4 Å². The van der Waals surface area contributed by atoms with E-state index in [1.165, 1.54) is 22.2 Å². The molecule has 0 aliphatic heterocycles. The summed E-state index contributed by atoms with van der Waals surface area (Å²) in [4.78, 5) is 1.43. The predicted octanol–water partition coefficient (Wildman–Crippen LogP) is 4.99. The molecule has 1 aromatic heterocycles. The normalized spacial score (nSPS) is 14.1. The van der Waals surface area contributed by atoms with Gasteiger partial charge in [0.25, 0.3) is 0 Å². The lowest BCUT2D eigenvalue weighted by molar-refractivity contribution is 0.313. The molecule has 0 saturated heterocycles. The summed E-state index contributed by atoms with van der Waals surface area (Å²) < 4.78 is 1.25. The maximum atomic E-state index is 3.65. The van der Waals surface area contributed by atoms with Crippen LogP contribution in [0.2, 0.25) is 0 Å². The van der Waals surface area contributed by atoms with Crippen molar-refractivity contribution in [3.8, 4) is 0 Å². The van der Waals surface area contributed by atoms with E-state index >= 15 is 0 Å². The molecule has 0 amide bonds. The van der Waals surface area contributed by atoms with Gasteiger partial charge >= 0.3 is 0 Å². The molecule has 1 aromatic rings. The van der Waals surface area contributed by atoms with Crippen LogP contribution in [0.3, 0.4) is 0 Å². The van der Waals surface area contributed by atoms with Gasteiger partial charge in [0.2, 0.25) is 0 Å². The van der Waals surface area contributed by atoms with Crippen LogP contribution in [0, 0.1) is 5.41 Å². The number of thiophene rings is 1. The molecule has 0 aromatic carbocycles. The second kappa shape index (κ2) is 6.18. The maximum absolute atomic E-state index is 3.65. The molecule has 0 bridgehead atoms. The van der Waals surface area contributed by atoms with Crippen LogP contribution in [0.4, 0.5) is 0 Å². The Kier molecular flexibility index (Phi) is 5.48. The molecular weight excluding hydrogens is 282 g/mol. The lowest BCUT2D eigenvalue weighted by atomic mass is 9.87. The quantitative estimate of drug-likeness (QED) is 0.808. The molecule has 92 valence electrons. The molecule has 1 nitrogen and oxygen atoms in total. The molecule has 3 heteroatoms. The summed E-state index contributed by atoms with van der Waals surface area (Å²) in [6, 6.07) is 2.62. The van der Waals surface area contributed by atoms with Crippen molar-refractivity contribution in [1.82, 2.24) is 5.32 Å². The Bertz CT molecular complexity index is 314. The van der Waals surface area contributed by atoms with Gasteiger partial charge in [-0.05, 0) is 52.2 Å². The van der Waals surface area contributed by atoms with E-state index in [1.807, 2.05) is 11.3 Å². The van der Waals surface area contributed by atoms with Crippen molar-refractivity contribution in [3.05, 3.63) is 20.8 Å². The first-order valence-electron chi connectivity index (χ1n) is 5.90. The number of halogens is 1. The fraction of sp³-hybridized carbons (Fsp3) is 0.692. The Morgan fingerprint density at radius 1 is 1.44 bits per heavy atom. The zero-order valence-corrected chi connectivity index (χ0v) is 13.0. The summed E-state index contributed by atoms with van der Waals surface area (Å²) >= 11 is 5.48. The van der Waals surface area contributed by atoms with Crippen LogP contribution in [-0.2, 0) is 0 Å².